The standard InChI is InChI=1S/C16H13ClN4OS/c17-14-3-1-2-11-9-20(6-4-13(11)14)15(22)12-8-19-21(10-12)16-18-5-7-23-16/h1-3,5,7-8,10H,4,6,9H2. The normalized spacial score (nSPS) is 13.9. The molecule has 0 aliphatic carbocycles. The molecule has 1 aliphatic rings. The van der Waals surface area contributed by atoms with E-state index in [0.717, 1.165) is 27.7 Å². The van der Waals surface area contributed by atoms with Crippen molar-refractivity contribution in [1.82, 2.24) is 19.7 Å². The van der Waals surface area contributed by atoms with Crippen molar-refractivity contribution >= 4 is 28.8 Å². The van der Waals surface area contributed by atoms with Crippen LogP contribution in [0.25, 0.3) is 5.13 Å². The van der Waals surface area contributed by atoms with Gasteiger partial charge in [0.25, 0.3) is 5.91 Å². The van der Waals surface area contributed by atoms with Crippen LogP contribution in [0.3, 0.4) is 0 Å². The fourth-order valence-electron chi connectivity index (χ4n) is 2.79. The molecule has 0 saturated carbocycles. The van der Waals surface area contributed by atoms with Gasteiger partial charge in [0.2, 0.25) is 5.13 Å². The number of hydrogen-bond donors (Lipinski definition) is 0. The number of amides is 1. The number of carbonyl (C=O) groups is 1. The zero-order valence-corrected chi connectivity index (χ0v) is 13.7. The summed E-state index contributed by atoms with van der Waals surface area (Å²) < 4.78 is 1.63. The summed E-state index contributed by atoms with van der Waals surface area (Å²) in [5.74, 6) is -0.0153. The molecule has 0 atom stereocenters. The van der Waals surface area contributed by atoms with Crippen molar-refractivity contribution < 1.29 is 4.79 Å². The van der Waals surface area contributed by atoms with Gasteiger partial charge in [-0.1, -0.05) is 23.7 Å². The van der Waals surface area contributed by atoms with E-state index in [1.54, 1.807) is 23.3 Å². The molecular weight excluding hydrogens is 332 g/mol. The van der Waals surface area contributed by atoms with Gasteiger partial charge >= 0.3 is 0 Å². The Morgan fingerprint density at radius 3 is 3.09 bits per heavy atom. The number of fused-ring (bicyclic) bond motifs is 1. The van der Waals surface area contributed by atoms with Crippen LogP contribution in [0.15, 0.2) is 42.2 Å². The third-order valence-electron chi connectivity index (χ3n) is 3.94. The highest BCUT2D eigenvalue weighted by Gasteiger charge is 2.24. The second-order valence-electron chi connectivity index (χ2n) is 5.34. The van der Waals surface area contributed by atoms with Crippen molar-refractivity contribution in [2.45, 2.75) is 13.0 Å². The zero-order chi connectivity index (χ0) is 15.8. The Hall–Kier alpha value is -2.18. The molecule has 1 aliphatic heterocycles. The summed E-state index contributed by atoms with van der Waals surface area (Å²) in [5.41, 5.74) is 2.84. The molecule has 3 heterocycles. The average Bonchev–Trinajstić information content (AvgIpc) is 3.25. The van der Waals surface area contributed by atoms with Crippen LogP contribution in [-0.2, 0) is 13.0 Å². The fraction of sp³-hybridized carbons (Fsp3) is 0.188. The number of aromatic nitrogens is 3. The lowest BCUT2D eigenvalue weighted by Crippen LogP contribution is -2.35. The van der Waals surface area contributed by atoms with Crippen molar-refractivity contribution in [1.29, 1.82) is 0 Å². The number of nitrogens with zero attached hydrogens (tertiary/aromatic N) is 4. The molecule has 0 unspecified atom stereocenters. The second-order valence-corrected chi connectivity index (χ2v) is 6.62. The Bertz CT molecular complexity index is 859. The summed E-state index contributed by atoms with van der Waals surface area (Å²) in [6.07, 6.45) is 5.82. The summed E-state index contributed by atoms with van der Waals surface area (Å²) >= 11 is 7.70. The number of halogens is 1. The van der Waals surface area contributed by atoms with Crippen LogP contribution >= 0.6 is 22.9 Å². The van der Waals surface area contributed by atoms with E-state index in [9.17, 15) is 4.79 Å². The van der Waals surface area contributed by atoms with Gasteiger partial charge in [-0.05, 0) is 23.6 Å². The molecule has 0 saturated heterocycles. The van der Waals surface area contributed by atoms with Gasteiger partial charge in [0.05, 0.1) is 11.8 Å². The van der Waals surface area contributed by atoms with Crippen molar-refractivity contribution in [2.24, 2.45) is 0 Å². The highest BCUT2D eigenvalue weighted by Crippen LogP contribution is 2.26. The van der Waals surface area contributed by atoms with Gasteiger partial charge in [0.1, 0.15) is 0 Å². The maximum Gasteiger partial charge on any atom is 0.257 e. The van der Waals surface area contributed by atoms with Crippen LogP contribution in [0.4, 0.5) is 0 Å². The average molecular weight is 345 g/mol. The first-order chi connectivity index (χ1) is 11.2. The van der Waals surface area contributed by atoms with Gasteiger partial charge in [-0.2, -0.15) is 5.10 Å². The predicted molar refractivity (Wildman–Crippen MR) is 89.1 cm³/mol. The van der Waals surface area contributed by atoms with Crippen LogP contribution in [-0.4, -0.2) is 32.1 Å². The van der Waals surface area contributed by atoms with E-state index in [4.69, 9.17) is 11.6 Å². The molecule has 5 nitrogen and oxygen atoms in total. The molecule has 3 aromatic rings. The summed E-state index contributed by atoms with van der Waals surface area (Å²) in [7, 11) is 0. The minimum absolute atomic E-state index is 0.0153. The Morgan fingerprint density at radius 1 is 1.35 bits per heavy atom. The minimum Gasteiger partial charge on any atom is -0.334 e. The first-order valence-corrected chi connectivity index (χ1v) is 8.48. The van der Waals surface area contributed by atoms with E-state index in [-0.39, 0.29) is 5.91 Å². The Labute approximate surface area is 142 Å². The lowest BCUT2D eigenvalue weighted by Gasteiger charge is -2.29. The third-order valence-corrected chi connectivity index (χ3v) is 5.06. The molecular formula is C16H13ClN4OS. The van der Waals surface area contributed by atoms with Crippen LogP contribution in [0.2, 0.25) is 5.02 Å². The monoisotopic (exact) mass is 344 g/mol. The molecule has 1 amide bonds. The van der Waals surface area contributed by atoms with Crippen molar-refractivity contribution in [3.05, 3.63) is 63.9 Å². The summed E-state index contributed by atoms with van der Waals surface area (Å²) in [6.45, 7) is 1.25. The van der Waals surface area contributed by atoms with Gasteiger partial charge in [-0.25, -0.2) is 9.67 Å². The second kappa shape index (κ2) is 5.79. The van der Waals surface area contributed by atoms with E-state index in [1.165, 1.54) is 11.3 Å². The largest absolute Gasteiger partial charge is 0.334 e. The molecule has 0 N–H and O–H groups in total. The first kappa shape index (κ1) is 14.4. The molecule has 4 rings (SSSR count). The summed E-state index contributed by atoms with van der Waals surface area (Å²) in [5, 5.41) is 7.64. The summed E-state index contributed by atoms with van der Waals surface area (Å²) in [6, 6.07) is 5.85. The van der Waals surface area contributed by atoms with Crippen LogP contribution < -0.4 is 0 Å². The molecule has 7 heteroatoms. The number of hydrogen-bond acceptors (Lipinski definition) is 4. The Morgan fingerprint density at radius 2 is 2.26 bits per heavy atom. The van der Waals surface area contributed by atoms with Gasteiger partial charge in [0, 0.05) is 35.9 Å². The lowest BCUT2D eigenvalue weighted by molar-refractivity contribution is 0.0734. The molecule has 0 spiro atoms. The number of benzene rings is 1. The van der Waals surface area contributed by atoms with Crippen LogP contribution in [0, 0.1) is 0 Å². The third kappa shape index (κ3) is 2.64. The number of carbonyl (C=O) groups excluding carboxylic acids is 1. The Kier molecular flexibility index (Phi) is 3.63. The van der Waals surface area contributed by atoms with Gasteiger partial charge in [-0.15, -0.1) is 11.3 Å². The molecule has 1 aromatic carbocycles. The molecule has 0 radical (unpaired) electrons. The molecule has 116 valence electrons. The van der Waals surface area contributed by atoms with Gasteiger partial charge < -0.3 is 4.90 Å². The van der Waals surface area contributed by atoms with Gasteiger partial charge in [-0.3, -0.25) is 4.79 Å². The lowest BCUT2D eigenvalue weighted by atomic mass is 9.99. The van der Waals surface area contributed by atoms with Crippen LogP contribution in [0.1, 0.15) is 21.5 Å². The fourth-order valence-corrected chi connectivity index (χ4v) is 3.65. The topological polar surface area (TPSA) is 51.0 Å². The molecule has 23 heavy (non-hydrogen) atoms. The quantitative estimate of drug-likeness (QED) is 0.717. The van der Waals surface area contributed by atoms with E-state index >= 15 is 0 Å². The SMILES string of the molecule is O=C(c1cnn(-c2nccs2)c1)N1CCc2c(Cl)cccc2C1. The zero-order valence-electron chi connectivity index (χ0n) is 12.1. The van der Waals surface area contributed by atoms with Gasteiger partial charge in [0.15, 0.2) is 0 Å². The number of thiazole rings is 1. The van der Waals surface area contributed by atoms with Crippen molar-refractivity contribution in [2.75, 3.05) is 6.54 Å². The van der Waals surface area contributed by atoms with E-state index in [1.807, 2.05) is 28.5 Å². The molecule has 0 fully saturated rings. The highest BCUT2D eigenvalue weighted by atomic mass is 35.5. The predicted octanol–water partition coefficient (Wildman–Crippen LogP) is 3.18. The molecule has 2 aromatic heterocycles. The van der Waals surface area contributed by atoms with Crippen LogP contribution in [0.5, 0.6) is 0 Å². The first-order valence-electron chi connectivity index (χ1n) is 7.22. The smallest absolute Gasteiger partial charge is 0.257 e. The maximum atomic E-state index is 12.7. The highest BCUT2D eigenvalue weighted by molar-refractivity contribution is 7.12. The van der Waals surface area contributed by atoms with E-state index in [2.05, 4.69) is 10.1 Å². The summed E-state index contributed by atoms with van der Waals surface area (Å²) in [4.78, 5) is 18.7. The minimum atomic E-state index is -0.0153. The van der Waals surface area contributed by atoms with Crippen molar-refractivity contribution in [3.63, 3.8) is 0 Å². The number of rotatable bonds is 2. The van der Waals surface area contributed by atoms with E-state index < -0.39 is 0 Å². The maximum absolute atomic E-state index is 12.7. The molecule has 0 bridgehead atoms. The van der Waals surface area contributed by atoms with Crippen molar-refractivity contribution in [3.8, 4) is 5.13 Å². The van der Waals surface area contributed by atoms with E-state index in [0.29, 0.717) is 18.7 Å². The Balaban J connectivity index is 1.56.